The number of fused-ring (bicyclic) bond motifs is 1. The van der Waals surface area contributed by atoms with Gasteiger partial charge < -0.3 is 14.2 Å². The highest BCUT2D eigenvalue weighted by atomic mass is 16.6. The summed E-state index contributed by atoms with van der Waals surface area (Å²) in [5, 5.41) is 0. The zero-order valence-electron chi connectivity index (χ0n) is 13.8. The Morgan fingerprint density at radius 3 is 2.46 bits per heavy atom. The standard InChI is InChI=1S/C20H23NO3/c1-2-4-19-18(3-1)23-15-20(24-19)17-7-5-16(6-8-17)9-10-21-11-13-22-14-12-21/h1-8,20H,9-15H2/t20-/m1/s1. The molecule has 2 aromatic rings. The molecule has 0 unspecified atom stereocenters. The van der Waals surface area contributed by atoms with Gasteiger partial charge in [0, 0.05) is 19.6 Å². The first kappa shape index (κ1) is 15.5. The van der Waals surface area contributed by atoms with Gasteiger partial charge >= 0.3 is 0 Å². The molecule has 4 heteroatoms. The van der Waals surface area contributed by atoms with Crippen LogP contribution >= 0.6 is 0 Å². The van der Waals surface area contributed by atoms with Gasteiger partial charge in [0.1, 0.15) is 6.61 Å². The first-order valence-corrected chi connectivity index (χ1v) is 8.66. The highest BCUT2D eigenvalue weighted by molar-refractivity contribution is 5.41. The van der Waals surface area contributed by atoms with Crippen LogP contribution in [0, 0.1) is 0 Å². The van der Waals surface area contributed by atoms with E-state index in [9.17, 15) is 0 Å². The number of para-hydroxylation sites is 2. The molecule has 0 spiro atoms. The normalized spacial score (nSPS) is 20.8. The zero-order chi connectivity index (χ0) is 16.2. The molecule has 2 aromatic carbocycles. The Bertz CT molecular complexity index is 665. The molecular formula is C20H23NO3. The Morgan fingerprint density at radius 2 is 1.67 bits per heavy atom. The Hall–Kier alpha value is -2.04. The number of morpholine rings is 1. The third kappa shape index (κ3) is 3.55. The predicted octanol–water partition coefficient (Wildman–Crippen LogP) is 3.07. The van der Waals surface area contributed by atoms with E-state index in [-0.39, 0.29) is 6.10 Å². The third-order valence-electron chi connectivity index (χ3n) is 4.68. The van der Waals surface area contributed by atoms with E-state index >= 15 is 0 Å². The summed E-state index contributed by atoms with van der Waals surface area (Å²) in [7, 11) is 0. The van der Waals surface area contributed by atoms with Crippen LogP contribution in [0.5, 0.6) is 11.5 Å². The number of hydrogen-bond donors (Lipinski definition) is 0. The zero-order valence-corrected chi connectivity index (χ0v) is 13.8. The van der Waals surface area contributed by atoms with Crippen LogP contribution in [0.15, 0.2) is 48.5 Å². The Labute approximate surface area is 142 Å². The molecule has 126 valence electrons. The van der Waals surface area contributed by atoms with Crippen molar-refractivity contribution < 1.29 is 14.2 Å². The SMILES string of the molecule is c1ccc2c(c1)OC[C@H](c1ccc(CCN3CCOCC3)cc1)O2. The molecule has 24 heavy (non-hydrogen) atoms. The molecular weight excluding hydrogens is 302 g/mol. The van der Waals surface area contributed by atoms with E-state index in [4.69, 9.17) is 14.2 Å². The van der Waals surface area contributed by atoms with E-state index in [1.165, 1.54) is 11.1 Å². The molecule has 4 nitrogen and oxygen atoms in total. The molecule has 1 saturated heterocycles. The lowest BCUT2D eigenvalue weighted by Crippen LogP contribution is -2.37. The quantitative estimate of drug-likeness (QED) is 0.864. The lowest BCUT2D eigenvalue weighted by Gasteiger charge is -2.27. The molecule has 0 N–H and O–H groups in total. The highest BCUT2D eigenvalue weighted by Crippen LogP contribution is 2.35. The molecule has 0 saturated carbocycles. The minimum Gasteiger partial charge on any atom is -0.485 e. The van der Waals surface area contributed by atoms with Gasteiger partial charge in [0.05, 0.1) is 13.2 Å². The average Bonchev–Trinajstić information content (AvgIpc) is 2.67. The van der Waals surface area contributed by atoms with Crippen molar-refractivity contribution in [3.63, 3.8) is 0 Å². The Kier molecular flexibility index (Phi) is 4.67. The molecule has 0 aliphatic carbocycles. The van der Waals surface area contributed by atoms with Gasteiger partial charge in [-0.15, -0.1) is 0 Å². The predicted molar refractivity (Wildman–Crippen MR) is 92.7 cm³/mol. The van der Waals surface area contributed by atoms with Gasteiger partial charge in [-0.25, -0.2) is 0 Å². The van der Waals surface area contributed by atoms with Crippen molar-refractivity contribution >= 4 is 0 Å². The Balaban J connectivity index is 1.36. The Morgan fingerprint density at radius 1 is 0.917 bits per heavy atom. The summed E-state index contributed by atoms with van der Waals surface area (Å²) < 4.78 is 17.3. The number of hydrogen-bond acceptors (Lipinski definition) is 4. The molecule has 1 fully saturated rings. The van der Waals surface area contributed by atoms with Crippen LogP contribution in [0.3, 0.4) is 0 Å². The van der Waals surface area contributed by atoms with Crippen molar-refractivity contribution in [3.8, 4) is 11.5 Å². The first-order chi connectivity index (χ1) is 11.9. The van der Waals surface area contributed by atoms with E-state index in [0.29, 0.717) is 6.61 Å². The van der Waals surface area contributed by atoms with Crippen LogP contribution in [-0.4, -0.2) is 44.4 Å². The summed E-state index contributed by atoms with van der Waals surface area (Å²) >= 11 is 0. The van der Waals surface area contributed by atoms with Gasteiger partial charge in [-0.3, -0.25) is 4.90 Å². The molecule has 0 amide bonds. The molecule has 4 rings (SSSR count). The van der Waals surface area contributed by atoms with Crippen molar-refractivity contribution in [3.05, 3.63) is 59.7 Å². The van der Waals surface area contributed by atoms with E-state index in [2.05, 4.69) is 29.2 Å². The van der Waals surface area contributed by atoms with Crippen molar-refractivity contribution in [2.24, 2.45) is 0 Å². The van der Waals surface area contributed by atoms with Crippen LogP contribution in [0.2, 0.25) is 0 Å². The van der Waals surface area contributed by atoms with Gasteiger partial charge in [-0.1, -0.05) is 36.4 Å². The maximum Gasteiger partial charge on any atom is 0.162 e. The monoisotopic (exact) mass is 325 g/mol. The number of rotatable bonds is 4. The first-order valence-electron chi connectivity index (χ1n) is 8.66. The maximum atomic E-state index is 6.07. The van der Waals surface area contributed by atoms with Gasteiger partial charge in [0.15, 0.2) is 17.6 Å². The van der Waals surface area contributed by atoms with Crippen LogP contribution < -0.4 is 9.47 Å². The smallest absolute Gasteiger partial charge is 0.162 e. The van der Waals surface area contributed by atoms with E-state index in [1.807, 2.05) is 24.3 Å². The topological polar surface area (TPSA) is 30.9 Å². The molecule has 0 bridgehead atoms. The lowest BCUT2D eigenvalue weighted by atomic mass is 10.0. The second-order valence-electron chi connectivity index (χ2n) is 6.31. The van der Waals surface area contributed by atoms with Crippen LogP contribution in [0.4, 0.5) is 0 Å². The van der Waals surface area contributed by atoms with E-state index in [1.54, 1.807) is 0 Å². The van der Waals surface area contributed by atoms with E-state index < -0.39 is 0 Å². The summed E-state index contributed by atoms with van der Waals surface area (Å²) in [5.74, 6) is 1.65. The van der Waals surface area contributed by atoms with Crippen molar-refractivity contribution in [2.75, 3.05) is 39.5 Å². The van der Waals surface area contributed by atoms with E-state index in [0.717, 1.165) is 50.8 Å². The van der Waals surface area contributed by atoms with Crippen molar-refractivity contribution in [1.82, 2.24) is 4.90 Å². The average molecular weight is 325 g/mol. The van der Waals surface area contributed by atoms with Gasteiger partial charge in [-0.05, 0) is 29.7 Å². The molecule has 2 aliphatic rings. The largest absolute Gasteiger partial charge is 0.485 e. The van der Waals surface area contributed by atoms with Gasteiger partial charge in [0.2, 0.25) is 0 Å². The fourth-order valence-corrected chi connectivity index (χ4v) is 3.19. The number of nitrogens with zero attached hydrogens (tertiary/aromatic N) is 1. The van der Waals surface area contributed by atoms with Crippen LogP contribution in [0.25, 0.3) is 0 Å². The third-order valence-corrected chi connectivity index (χ3v) is 4.68. The number of benzene rings is 2. The number of ether oxygens (including phenoxy) is 3. The minimum absolute atomic E-state index is 0.0341. The van der Waals surface area contributed by atoms with Crippen molar-refractivity contribution in [1.29, 1.82) is 0 Å². The second kappa shape index (κ2) is 7.24. The lowest BCUT2D eigenvalue weighted by molar-refractivity contribution is 0.0384. The van der Waals surface area contributed by atoms with Gasteiger partial charge in [-0.2, -0.15) is 0 Å². The second-order valence-corrected chi connectivity index (χ2v) is 6.31. The van der Waals surface area contributed by atoms with Gasteiger partial charge in [0.25, 0.3) is 0 Å². The fraction of sp³-hybridized carbons (Fsp3) is 0.400. The molecule has 0 aromatic heterocycles. The molecule has 0 radical (unpaired) electrons. The van der Waals surface area contributed by atoms with Crippen molar-refractivity contribution in [2.45, 2.75) is 12.5 Å². The summed E-state index contributed by atoms with van der Waals surface area (Å²) in [6, 6.07) is 16.6. The van der Waals surface area contributed by atoms with Crippen LogP contribution in [0.1, 0.15) is 17.2 Å². The molecule has 1 atom stereocenters. The summed E-state index contributed by atoms with van der Waals surface area (Å²) in [6.07, 6.45) is 1.04. The summed E-state index contributed by atoms with van der Waals surface area (Å²) in [6.45, 7) is 5.47. The highest BCUT2D eigenvalue weighted by Gasteiger charge is 2.22. The minimum atomic E-state index is -0.0341. The molecule has 2 aliphatic heterocycles. The van der Waals surface area contributed by atoms with Crippen LogP contribution in [-0.2, 0) is 11.2 Å². The molecule has 2 heterocycles. The summed E-state index contributed by atoms with van der Waals surface area (Å²) in [4.78, 5) is 2.46. The summed E-state index contributed by atoms with van der Waals surface area (Å²) in [5.41, 5.74) is 2.53. The maximum absolute atomic E-state index is 6.07. The fourth-order valence-electron chi connectivity index (χ4n) is 3.19.